The largest absolute Gasteiger partial charge is 0.382 e. The van der Waals surface area contributed by atoms with Gasteiger partial charge in [-0.15, -0.1) is 0 Å². The van der Waals surface area contributed by atoms with Crippen molar-refractivity contribution in [3.05, 3.63) is 30.1 Å². The van der Waals surface area contributed by atoms with Gasteiger partial charge in [0.1, 0.15) is 0 Å². The van der Waals surface area contributed by atoms with E-state index in [1.807, 2.05) is 19.1 Å². The van der Waals surface area contributed by atoms with Gasteiger partial charge < -0.3 is 5.32 Å². The molecule has 2 rings (SSSR count). The van der Waals surface area contributed by atoms with Crippen molar-refractivity contribution >= 4 is 16.7 Å². The van der Waals surface area contributed by atoms with Crippen molar-refractivity contribution in [1.29, 1.82) is 0 Å². The van der Waals surface area contributed by atoms with Gasteiger partial charge in [0.25, 0.3) is 0 Å². The number of hydrogen-bond acceptors (Lipinski definition) is 3. The molecule has 0 atom stereocenters. The second kappa shape index (κ2) is 3.85. The number of aromatic nitrogens is 2. The van der Waals surface area contributed by atoms with Gasteiger partial charge in [-0.2, -0.15) is 0 Å². The van der Waals surface area contributed by atoms with Crippen LogP contribution in [0.15, 0.2) is 24.4 Å². The first-order chi connectivity index (χ1) is 7.16. The molecule has 2 aromatic heterocycles. The Bertz CT molecular complexity index is 477. The summed E-state index contributed by atoms with van der Waals surface area (Å²) in [5.41, 5.74) is 2.90. The van der Waals surface area contributed by atoms with Crippen molar-refractivity contribution in [2.75, 3.05) is 5.32 Å². The molecule has 0 fully saturated rings. The van der Waals surface area contributed by atoms with Gasteiger partial charge in [0, 0.05) is 29.0 Å². The second-order valence-electron chi connectivity index (χ2n) is 3.98. The minimum absolute atomic E-state index is 0.414. The molecule has 0 unspecified atom stereocenters. The monoisotopic (exact) mass is 201 g/mol. The lowest BCUT2D eigenvalue weighted by molar-refractivity contribution is 0.901. The van der Waals surface area contributed by atoms with Gasteiger partial charge >= 0.3 is 0 Å². The number of nitrogens with zero attached hydrogens (tertiary/aromatic N) is 2. The molecule has 0 spiro atoms. The van der Waals surface area contributed by atoms with Gasteiger partial charge in [-0.05, 0) is 39.0 Å². The van der Waals surface area contributed by atoms with Crippen LogP contribution >= 0.6 is 0 Å². The minimum atomic E-state index is 0.414. The maximum atomic E-state index is 4.39. The van der Waals surface area contributed by atoms with Crippen LogP contribution in [0.25, 0.3) is 11.0 Å². The minimum Gasteiger partial charge on any atom is -0.382 e. The van der Waals surface area contributed by atoms with E-state index in [4.69, 9.17) is 0 Å². The van der Waals surface area contributed by atoms with Crippen LogP contribution in [0.5, 0.6) is 0 Å². The standard InChI is InChI=1S/C12H15N3/c1-8(2)14-11-6-7-13-12-10(11)5-4-9(3)15-12/h4-8H,1-3H3,(H,13,14,15). The smallest absolute Gasteiger partial charge is 0.161 e. The number of pyridine rings is 2. The summed E-state index contributed by atoms with van der Waals surface area (Å²) in [7, 11) is 0. The zero-order valence-electron chi connectivity index (χ0n) is 9.28. The van der Waals surface area contributed by atoms with E-state index in [1.54, 1.807) is 6.20 Å². The maximum absolute atomic E-state index is 4.39. The molecular formula is C12H15N3. The van der Waals surface area contributed by atoms with Crippen molar-refractivity contribution in [3.63, 3.8) is 0 Å². The third-order valence-corrected chi connectivity index (χ3v) is 2.19. The molecule has 2 aromatic rings. The Morgan fingerprint density at radius 2 is 2.00 bits per heavy atom. The summed E-state index contributed by atoms with van der Waals surface area (Å²) >= 11 is 0. The molecule has 0 saturated carbocycles. The lowest BCUT2D eigenvalue weighted by Gasteiger charge is -2.11. The van der Waals surface area contributed by atoms with Crippen molar-refractivity contribution in [1.82, 2.24) is 9.97 Å². The van der Waals surface area contributed by atoms with Gasteiger partial charge in [0.15, 0.2) is 5.65 Å². The van der Waals surface area contributed by atoms with Gasteiger partial charge in [0.2, 0.25) is 0 Å². The van der Waals surface area contributed by atoms with E-state index < -0.39 is 0 Å². The Morgan fingerprint density at radius 1 is 1.20 bits per heavy atom. The lowest BCUT2D eigenvalue weighted by Crippen LogP contribution is -2.10. The topological polar surface area (TPSA) is 37.8 Å². The lowest BCUT2D eigenvalue weighted by atomic mass is 10.2. The van der Waals surface area contributed by atoms with Crippen molar-refractivity contribution in [3.8, 4) is 0 Å². The maximum Gasteiger partial charge on any atom is 0.161 e. The van der Waals surface area contributed by atoms with E-state index in [0.29, 0.717) is 6.04 Å². The highest BCUT2D eigenvalue weighted by Crippen LogP contribution is 2.20. The number of aryl methyl sites for hydroxylation is 1. The molecule has 3 heteroatoms. The van der Waals surface area contributed by atoms with Gasteiger partial charge in [0.05, 0.1) is 0 Å². The summed E-state index contributed by atoms with van der Waals surface area (Å²) in [6, 6.07) is 6.47. The molecule has 15 heavy (non-hydrogen) atoms. The van der Waals surface area contributed by atoms with Crippen LogP contribution in [0.3, 0.4) is 0 Å². The molecule has 0 aromatic carbocycles. The van der Waals surface area contributed by atoms with Gasteiger partial charge in [-0.25, -0.2) is 9.97 Å². The summed E-state index contributed by atoms with van der Waals surface area (Å²) < 4.78 is 0. The molecule has 0 bridgehead atoms. The van der Waals surface area contributed by atoms with Crippen LogP contribution < -0.4 is 5.32 Å². The fourth-order valence-corrected chi connectivity index (χ4v) is 1.56. The summed E-state index contributed by atoms with van der Waals surface area (Å²) in [5, 5.41) is 4.47. The average molecular weight is 201 g/mol. The van der Waals surface area contributed by atoms with E-state index in [2.05, 4.69) is 35.2 Å². The van der Waals surface area contributed by atoms with Crippen molar-refractivity contribution in [2.24, 2.45) is 0 Å². The first-order valence-electron chi connectivity index (χ1n) is 5.16. The number of rotatable bonds is 2. The van der Waals surface area contributed by atoms with Crippen LogP contribution in [0.2, 0.25) is 0 Å². The average Bonchev–Trinajstić information content (AvgIpc) is 2.16. The third kappa shape index (κ3) is 2.06. The van der Waals surface area contributed by atoms with Crippen LogP contribution in [0, 0.1) is 6.92 Å². The fourth-order valence-electron chi connectivity index (χ4n) is 1.56. The SMILES string of the molecule is Cc1ccc2c(NC(C)C)ccnc2n1. The summed E-state index contributed by atoms with van der Waals surface area (Å²) in [6.07, 6.45) is 1.79. The Kier molecular flexibility index (Phi) is 2.54. The Labute approximate surface area is 89.6 Å². The van der Waals surface area contributed by atoms with Crippen LogP contribution in [-0.2, 0) is 0 Å². The Balaban J connectivity index is 2.56. The molecule has 2 heterocycles. The third-order valence-electron chi connectivity index (χ3n) is 2.19. The van der Waals surface area contributed by atoms with Crippen molar-refractivity contribution < 1.29 is 0 Å². The predicted molar refractivity (Wildman–Crippen MR) is 63.0 cm³/mol. The fraction of sp³-hybridized carbons (Fsp3) is 0.333. The molecule has 78 valence electrons. The first kappa shape index (κ1) is 9.90. The number of fused-ring (bicyclic) bond motifs is 1. The summed E-state index contributed by atoms with van der Waals surface area (Å²) in [6.45, 7) is 6.21. The van der Waals surface area contributed by atoms with E-state index in [-0.39, 0.29) is 0 Å². The Morgan fingerprint density at radius 3 is 2.73 bits per heavy atom. The molecule has 0 amide bonds. The number of nitrogens with one attached hydrogen (secondary N) is 1. The predicted octanol–water partition coefficient (Wildman–Crippen LogP) is 2.76. The second-order valence-corrected chi connectivity index (χ2v) is 3.98. The molecule has 1 N–H and O–H groups in total. The van der Waals surface area contributed by atoms with Gasteiger partial charge in [-0.3, -0.25) is 0 Å². The molecule has 0 saturated heterocycles. The molecule has 0 aliphatic heterocycles. The summed E-state index contributed by atoms with van der Waals surface area (Å²) in [4.78, 5) is 8.65. The number of anilines is 1. The Hall–Kier alpha value is -1.64. The highest BCUT2D eigenvalue weighted by Gasteiger charge is 2.03. The zero-order valence-corrected chi connectivity index (χ0v) is 9.28. The molecule has 0 aliphatic carbocycles. The van der Waals surface area contributed by atoms with Crippen LogP contribution in [-0.4, -0.2) is 16.0 Å². The molecule has 0 aliphatic rings. The van der Waals surface area contributed by atoms with Crippen LogP contribution in [0.4, 0.5) is 5.69 Å². The van der Waals surface area contributed by atoms with Crippen molar-refractivity contribution in [2.45, 2.75) is 26.8 Å². The summed E-state index contributed by atoms with van der Waals surface area (Å²) in [5.74, 6) is 0. The zero-order chi connectivity index (χ0) is 10.8. The highest BCUT2D eigenvalue weighted by atomic mass is 14.9. The first-order valence-corrected chi connectivity index (χ1v) is 5.16. The van der Waals surface area contributed by atoms with E-state index in [1.165, 1.54) is 0 Å². The van der Waals surface area contributed by atoms with Crippen LogP contribution in [0.1, 0.15) is 19.5 Å². The highest BCUT2D eigenvalue weighted by molar-refractivity contribution is 5.88. The van der Waals surface area contributed by atoms with E-state index in [0.717, 1.165) is 22.4 Å². The van der Waals surface area contributed by atoms with E-state index in [9.17, 15) is 0 Å². The quantitative estimate of drug-likeness (QED) is 0.811. The number of hydrogen-bond donors (Lipinski definition) is 1. The van der Waals surface area contributed by atoms with Gasteiger partial charge in [-0.1, -0.05) is 0 Å². The molecular weight excluding hydrogens is 186 g/mol. The van der Waals surface area contributed by atoms with E-state index >= 15 is 0 Å². The normalized spacial score (nSPS) is 10.9. The molecule has 0 radical (unpaired) electrons. The molecule has 3 nitrogen and oxygen atoms in total.